The first-order valence-electron chi connectivity index (χ1n) is 14.2. The van der Waals surface area contributed by atoms with E-state index in [9.17, 15) is 9.90 Å². The van der Waals surface area contributed by atoms with Gasteiger partial charge >= 0.3 is 5.97 Å². The van der Waals surface area contributed by atoms with E-state index in [1.165, 1.54) is 54.4 Å². The standard InChI is InChI=1S/C27H53ClO3Si4/c1-10-32(11-2,12-3)35(33(13-4,14-5)15-6,34(16-7,17-8)18-9)31-27(30)25(28)26(29)24-22-20-19-21-23-24/h19-23,25-26,29H,10-18H2,1-9H3/t25-,26+/m0/s1. The Bertz CT molecular complexity index is 690. The molecule has 0 aliphatic rings. The molecule has 202 valence electrons. The van der Waals surface area contributed by atoms with Crippen LogP contribution in [-0.4, -0.2) is 46.1 Å². The largest absolute Gasteiger partial charge is 0.526 e. The van der Waals surface area contributed by atoms with Crippen LogP contribution in [0.15, 0.2) is 30.3 Å². The number of hydrogen-bond acceptors (Lipinski definition) is 3. The Labute approximate surface area is 224 Å². The highest BCUT2D eigenvalue weighted by Gasteiger charge is 2.74. The molecule has 1 aromatic carbocycles. The summed E-state index contributed by atoms with van der Waals surface area (Å²) in [5.74, 6) is -0.332. The van der Waals surface area contributed by atoms with Gasteiger partial charge < -0.3 is 9.53 Å². The van der Waals surface area contributed by atoms with Crippen LogP contribution >= 0.6 is 11.6 Å². The first-order valence-corrected chi connectivity index (χ1v) is 27.4. The van der Waals surface area contributed by atoms with Gasteiger partial charge in [-0.3, -0.25) is 4.79 Å². The van der Waals surface area contributed by atoms with E-state index in [4.69, 9.17) is 16.0 Å². The molecule has 35 heavy (non-hydrogen) atoms. The predicted molar refractivity (Wildman–Crippen MR) is 164 cm³/mol. The summed E-state index contributed by atoms with van der Waals surface area (Å²) >= 11 is 6.81. The lowest BCUT2D eigenvalue weighted by Gasteiger charge is -2.63. The zero-order valence-electron chi connectivity index (χ0n) is 24.0. The Morgan fingerprint density at radius 1 is 0.714 bits per heavy atom. The fraction of sp³-hybridized carbons (Fsp3) is 0.741. The van der Waals surface area contributed by atoms with Crippen molar-refractivity contribution in [1.29, 1.82) is 0 Å². The summed E-state index contributed by atoms with van der Waals surface area (Å²) < 4.78 is 7.35. The van der Waals surface area contributed by atoms with Gasteiger partial charge in [-0.2, -0.15) is 0 Å². The van der Waals surface area contributed by atoms with Crippen molar-refractivity contribution in [2.75, 3.05) is 0 Å². The van der Waals surface area contributed by atoms with E-state index >= 15 is 0 Å². The first kappa shape index (κ1) is 32.8. The monoisotopic (exact) mass is 572 g/mol. The van der Waals surface area contributed by atoms with E-state index in [1.54, 1.807) is 0 Å². The van der Waals surface area contributed by atoms with Crippen LogP contribution in [0.25, 0.3) is 0 Å². The number of carbonyl (C=O) groups is 1. The average Bonchev–Trinajstić information content (AvgIpc) is 2.92. The molecule has 0 amide bonds. The molecule has 1 aromatic rings. The molecule has 0 aliphatic heterocycles. The molecule has 0 saturated heterocycles. The van der Waals surface area contributed by atoms with Crippen LogP contribution in [0.4, 0.5) is 0 Å². The van der Waals surface area contributed by atoms with Gasteiger partial charge in [0.25, 0.3) is 0 Å². The van der Waals surface area contributed by atoms with Crippen LogP contribution in [0.1, 0.15) is 74.0 Å². The van der Waals surface area contributed by atoms with Gasteiger partial charge in [-0.1, -0.05) is 147 Å². The molecule has 8 heteroatoms. The minimum absolute atomic E-state index is 0.332. The zero-order valence-corrected chi connectivity index (χ0v) is 28.8. The third-order valence-corrected chi connectivity index (χ3v) is 80.4. The molecule has 3 nitrogen and oxygen atoms in total. The highest BCUT2D eigenvalue weighted by atomic mass is 35.5. The number of hydrogen-bond donors (Lipinski definition) is 1. The van der Waals surface area contributed by atoms with Crippen molar-refractivity contribution in [3.8, 4) is 0 Å². The maximum absolute atomic E-state index is 14.1. The number of aliphatic hydroxyl groups excluding tert-OH is 1. The Balaban J connectivity index is 3.98. The second-order valence-electron chi connectivity index (χ2n) is 10.4. The summed E-state index contributed by atoms with van der Waals surface area (Å²) in [7, 11) is -5.81. The summed E-state index contributed by atoms with van der Waals surface area (Å²) in [5, 5.41) is 10.0. The van der Waals surface area contributed by atoms with E-state index in [-0.39, 0.29) is 5.97 Å². The van der Waals surface area contributed by atoms with E-state index in [1.807, 2.05) is 30.3 Å². The van der Waals surface area contributed by atoms with Gasteiger partial charge in [-0.05, 0) is 5.56 Å². The maximum Gasteiger partial charge on any atom is 0.313 e. The molecule has 0 fully saturated rings. The van der Waals surface area contributed by atoms with Crippen molar-refractivity contribution in [1.82, 2.24) is 0 Å². The molecule has 0 bridgehead atoms. The van der Waals surface area contributed by atoms with Crippen LogP contribution in [0, 0.1) is 0 Å². The van der Waals surface area contributed by atoms with Gasteiger partial charge in [0, 0.05) is 0 Å². The van der Waals surface area contributed by atoms with Gasteiger partial charge in [-0.15, -0.1) is 11.6 Å². The molecular weight excluding hydrogens is 520 g/mol. The van der Waals surface area contributed by atoms with E-state index < -0.39 is 41.1 Å². The third-order valence-electron chi connectivity index (χ3n) is 10.2. The minimum atomic E-state index is -2.54. The minimum Gasteiger partial charge on any atom is -0.526 e. The molecule has 0 saturated carbocycles. The lowest BCUT2D eigenvalue weighted by molar-refractivity contribution is -0.136. The molecule has 0 aliphatic carbocycles. The fourth-order valence-electron chi connectivity index (χ4n) is 7.66. The topological polar surface area (TPSA) is 46.5 Å². The quantitative estimate of drug-likeness (QED) is 0.159. The van der Waals surface area contributed by atoms with Crippen molar-refractivity contribution in [2.45, 2.75) is 128 Å². The third kappa shape index (κ3) is 5.51. The van der Waals surface area contributed by atoms with E-state index in [0.29, 0.717) is 5.56 Å². The Morgan fingerprint density at radius 3 is 1.31 bits per heavy atom. The number of aliphatic hydroxyl groups is 1. The molecule has 0 spiro atoms. The summed E-state index contributed by atoms with van der Waals surface area (Å²) in [6.45, 7) is 19.0. The molecule has 0 radical (unpaired) electrons. The van der Waals surface area contributed by atoms with Crippen molar-refractivity contribution < 1.29 is 14.3 Å². The van der Waals surface area contributed by atoms with Crippen LogP contribution in [-0.2, 0) is 9.22 Å². The molecule has 1 N–H and O–H groups in total. The smallest absolute Gasteiger partial charge is 0.313 e. The molecule has 1 rings (SSSR count). The van der Waals surface area contributed by atoms with Gasteiger partial charge in [-0.25, -0.2) is 0 Å². The maximum atomic E-state index is 14.1. The summed E-state index contributed by atoms with van der Waals surface area (Å²) in [6, 6.07) is 20.1. The van der Waals surface area contributed by atoms with Crippen LogP contribution < -0.4 is 0 Å². The Morgan fingerprint density at radius 2 is 1.03 bits per heavy atom. The summed E-state index contributed by atoms with van der Waals surface area (Å²) in [4.78, 5) is 14.1. The number of rotatable bonds is 16. The zero-order chi connectivity index (χ0) is 26.9. The SMILES string of the molecule is CC[Si](CC)(CC)[Si](OC(=O)[C@@H](Cl)[C@H](O)c1ccccc1)([Si](CC)(CC)CC)[Si](CC)(CC)CC. The Kier molecular flexibility index (Phi) is 13.2. The van der Waals surface area contributed by atoms with Gasteiger partial charge in [0.2, 0.25) is 6.87 Å². The van der Waals surface area contributed by atoms with Crippen molar-refractivity contribution >= 4 is 47.2 Å². The molecule has 0 unspecified atom stereocenters. The van der Waals surface area contributed by atoms with Crippen LogP contribution in [0.5, 0.6) is 0 Å². The second-order valence-corrected chi connectivity index (χ2v) is 46.8. The summed E-state index contributed by atoms with van der Waals surface area (Å²) in [5.41, 5.74) is 0.677. The predicted octanol–water partition coefficient (Wildman–Crippen LogP) is 8.58. The number of halogens is 1. The highest BCUT2D eigenvalue weighted by molar-refractivity contribution is 7.88. The molecular formula is C27H53ClO3Si4. The number of carbonyl (C=O) groups excluding carboxylic acids is 1. The average molecular weight is 574 g/mol. The first-order chi connectivity index (χ1) is 16.6. The fourth-order valence-corrected chi connectivity index (χ4v) is 107. The number of alkyl halides is 1. The normalized spacial score (nSPS) is 15.1. The molecule has 0 aromatic heterocycles. The van der Waals surface area contributed by atoms with E-state index in [2.05, 4.69) is 62.3 Å². The van der Waals surface area contributed by atoms with Gasteiger partial charge in [0.1, 0.15) is 6.10 Å². The van der Waals surface area contributed by atoms with Crippen LogP contribution in [0.3, 0.4) is 0 Å². The summed E-state index contributed by atoms with van der Waals surface area (Å²) in [6.07, 6.45) is -1.06. The molecule has 2 atom stereocenters. The highest BCUT2D eigenvalue weighted by Crippen LogP contribution is 2.51. The number of benzene rings is 1. The lowest BCUT2D eigenvalue weighted by Crippen LogP contribution is -2.90. The Hall–Kier alpha value is -0.192. The van der Waals surface area contributed by atoms with Crippen molar-refractivity contribution in [2.24, 2.45) is 0 Å². The van der Waals surface area contributed by atoms with Crippen molar-refractivity contribution in [3.63, 3.8) is 0 Å². The second kappa shape index (κ2) is 14.1. The van der Waals surface area contributed by atoms with E-state index in [0.717, 1.165) is 0 Å². The molecule has 0 heterocycles. The lowest BCUT2D eigenvalue weighted by atomic mass is 10.1. The van der Waals surface area contributed by atoms with Crippen molar-refractivity contribution in [3.05, 3.63) is 35.9 Å². The van der Waals surface area contributed by atoms with Crippen LogP contribution in [0.2, 0.25) is 54.4 Å². The van der Waals surface area contributed by atoms with Gasteiger partial charge in [0.05, 0.1) is 22.8 Å². The van der Waals surface area contributed by atoms with Gasteiger partial charge in [0.15, 0.2) is 5.38 Å².